The van der Waals surface area contributed by atoms with Crippen LogP contribution in [0.3, 0.4) is 0 Å². The summed E-state index contributed by atoms with van der Waals surface area (Å²) in [6, 6.07) is 7.55. The van der Waals surface area contributed by atoms with Crippen LogP contribution in [0.1, 0.15) is 18.9 Å². The SMILES string of the molecule is CCC=NNC(=O)COc1cccc(C)c1. The number of hydrazone groups is 1. The van der Waals surface area contributed by atoms with E-state index in [-0.39, 0.29) is 12.5 Å². The van der Waals surface area contributed by atoms with E-state index in [1.807, 2.05) is 38.1 Å². The van der Waals surface area contributed by atoms with Gasteiger partial charge in [-0.25, -0.2) is 5.43 Å². The van der Waals surface area contributed by atoms with E-state index in [0.717, 1.165) is 12.0 Å². The molecule has 1 amide bonds. The zero-order valence-corrected chi connectivity index (χ0v) is 9.56. The number of hydrogen-bond donors (Lipinski definition) is 1. The van der Waals surface area contributed by atoms with Gasteiger partial charge in [-0.1, -0.05) is 19.1 Å². The predicted molar refractivity (Wildman–Crippen MR) is 63.6 cm³/mol. The van der Waals surface area contributed by atoms with Crippen LogP contribution >= 0.6 is 0 Å². The molecular weight excluding hydrogens is 204 g/mol. The van der Waals surface area contributed by atoms with Gasteiger partial charge in [0.2, 0.25) is 0 Å². The standard InChI is InChI=1S/C12H16N2O2/c1-3-7-13-14-12(15)9-16-11-6-4-5-10(2)8-11/h4-8H,3,9H2,1-2H3,(H,14,15). The third kappa shape index (κ3) is 4.59. The summed E-state index contributed by atoms with van der Waals surface area (Å²) in [6.45, 7) is 3.89. The Morgan fingerprint density at radius 3 is 3.06 bits per heavy atom. The molecule has 0 aliphatic rings. The average Bonchev–Trinajstić information content (AvgIpc) is 2.27. The number of carbonyl (C=O) groups excluding carboxylic acids is 1. The molecule has 1 rings (SSSR count). The maximum atomic E-state index is 11.2. The molecule has 0 aliphatic heterocycles. The van der Waals surface area contributed by atoms with Crippen molar-refractivity contribution in [3.05, 3.63) is 29.8 Å². The van der Waals surface area contributed by atoms with Crippen LogP contribution in [0.25, 0.3) is 0 Å². The Kier molecular flexibility index (Phi) is 5.05. The Morgan fingerprint density at radius 2 is 2.38 bits per heavy atom. The van der Waals surface area contributed by atoms with Gasteiger partial charge < -0.3 is 4.74 Å². The van der Waals surface area contributed by atoms with Crippen LogP contribution in [0.5, 0.6) is 5.75 Å². The lowest BCUT2D eigenvalue weighted by Crippen LogP contribution is -2.24. The fraction of sp³-hybridized carbons (Fsp3) is 0.333. The molecule has 0 radical (unpaired) electrons. The molecule has 4 heteroatoms. The van der Waals surface area contributed by atoms with Crippen molar-refractivity contribution in [1.82, 2.24) is 5.43 Å². The Labute approximate surface area is 95.3 Å². The van der Waals surface area contributed by atoms with E-state index >= 15 is 0 Å². The summed E-state index contributed by atoms with van der Waals surface area (Å²) >= 11 is 0. The molecule has 0 saturated heterocycles. The Balaban J connectivity index is 2.34. The topological polar surface area (TPSA) is 50.7 Å². The lowest BCUT2D eigenvalue weighted by Gasteiger charge is -2.05. The molecule has 1 aromatic carbocycles. The molecule has 0 unspecified atom stereocenters. The first-order valence-corrected chi connectivity index (χ1v) is 5.22. The van der Waals surface area contributed by atoms with Crippen LogP contribution in [0.2, 0.25) is 0 Å². The van der Waals surface area contributed by atoms with E-state index in [9.17, 15) is 4.79 Å². The number of ether oxygens (including phenoxy) is 1. The second-order valence-electron chi connectivity index (χ2n) is 3.36. The van der Waals surface area contributed by atoms with Crippen molar-refractivity contribution in [3.63, 3.8) is 0 Å². The van der Waals surface area contributed by atoms with E-state index in [2.05, 4.69) is 10.5 Å². The summed E-state index contributed by atoms with van der Waals surface area (Å²) in [5.74, 6) is 0.431. The molecule has 1 N–H and O–H groups in total. The number of nitrogens with one attached hydrogen (secondary N) is 1. The van der Waals surface area contributed by atoms with E-state index in [0.29, 0.717) is 5.75 Å². The summed E-state index contributed by atoms with van der Waals surface area (Å²) in [7, 11) is 0. The molecule has 0 aliphatic carbocycles. The molecule has 0 aromatic heterocycles. The van der Waals surface area contributed by atoms with Crippen molar-refractivity contribution < 1.29 is 9.53 Å². The first-order valence-electron chi connectivity index (χ1n) is 5.22. The molecule has 0 fully saturated rings. The summed E-state index contributed by atoms with van der Waals surface area (Å²) < 4.78 is 5.29. The van der Waals surface area contributed by atoms with Crippen molar-refractivity contribution in [2.24, 2.45) is 5.10 Å². The van der Waals surface area contributed by atoms with Crippen LogP contribution in [0, 0.1) is 6.92 Å². The molecule has 86 valence electrons. The zero-order valence-electron chi connectivity index (χ0n) is 9.56. The molecular formula is C12H16N2O2. The highest BCUT2D eigenvalue weighted by Gasteiger charge is 2.00. The van der Waals surface area contributed by atoms with Gasteiger partial charge in [0.15, 0.2) is 6.61 Å². The van der Waals surface area contributed by atoms with Gasteiger partial charge in [-0.15, -0.1) is 0 Å². The minimum atomic E-state index is -0.258. The number of amides is 1. The fourth-order valence-electron chi connectivity index (χ4n) is 1.10. The molecule has 4 nitrogen and oxygen atoms in total. The molecule has 0 saturated carbocycles. The number of benzene rings is 1. The zero-order chi connectivity index (χ0) is 11.8. The fourth-order valence-corrected chi connectivity index (χ4v) is 1.10. The maximum absolute atomic E-state index is 11.2. The maximum Gasteiger partial charge on any atom is 0.277 e. The van der Waals surface area contributed by atoms with Crippen molar-refractivity contribution in [1.29, 1.82) is 0 Å². The van der Waals surface area contributed by atoms with Gasteiger partial charge in [-0.2, -0.15) is 5.10 Å². The number of rotatable bonds is 5. The Morgan fingerprint density at radius 1 is 1.56 bits per heavy atom. The lowest BCUT2D eigenvalue weighted by molar-refractivity contribution is -0.123. The van der Waals surface area contributed by atoms with E-state index in [1.165, 1.54) is 0 Å². The van der Waals surface area contributed by atoms with Crippen LogP contribution < -0.4 is 10.2 Å². The third-order valence-corrected chi connectivity index (χ3v) is 1.82. The molecule has 16 heavy (non-hydrogen) atoms. The predicted octanol–water partition coefficient (Wildman–Crippen LogP) is 1.89. The quantitative estimate of drug-likeness (QED) is 0.608. The van der Waals surface area contributed by atoms with Gasteiger partial charge in [0, 0.05) is 6.21 Å². The van der Waals surface area contributed by atoms with Crippen LogP contribution in [0.4, 0.5) is 0 Å². The van der Waals surface area contributed by atoms with Crippen molar-refractivity contribution in [2.45, 2.75) is 20.3 Å². The molecule has 0 spiro atoms. The Bertz CT molecular complexity index is 375. The van der Waals surface area contributed by atoms with Gasteiger partial charge >= 0.3 is 0 Å². The summed E-state index contributed by atoms with van der Waals surface area (Å²) in [5.41, 5.74) is 3.47. The van der Waals surface area contributed by atoms with Gasteiger partial charge in [0.05, 0.1) is 0 Å². The van der Waals surface area contributed by atoms with Gasteiger partial charge in [0.25, 0.3) is 5.91 Å². The third-order valence-electron chi connectivity index (χ3n) is 1.82. The summed E-state index contributed by atoms with van der Waals surface area (Å²) in [4.78, 5) is 11.2. The molecule has 0 bridgehead atoms. The van der Waals surface area contributed by atoms with Gasteiger partial charge in [-0.05, 0) is 31.0 Å². The average molecular weight is 220 g/mol. The first kappa shape index (κ1) is 12.2. The van der Waals surface area contributed by atoms with Crippen molar-refractivity contribution in [3.8, 4) is 5.75 Å². The molecule has 1 aromatic rings. The van der Waals surface area contributed by atoms with Crippen LogP contribution in [0.15, 0.2) is 29.4 Å². The largest absolute Gasteiger partial charge is 0.484 e. The molecule has 0 atom stereocenters. The minimum absolute atomic E-state index is 0.0233. The van der Waals surface area contributed by atoms with E-state index in [4.69, 9.17) is 4.74 Å². The number of hydrogen-bond acceptors (Lipinski definition) is 3. The highest BCUT2D eigenvalue weighted by atomic mass is 16.5. The second-order valence-corrected chi connectivity index (χ2v) is 3.36. The van der Waals surface area contributed by atoms with Gasteiger partial charge in [0.1, 0.15) is 5.75 Å². The van der Waals surface area contributed by atoms with Crippen LogP contribution in [-0.4, -0.2) is 18.7 Å². The highest BCUT2D eigenvalue weighted by molar-refractivity contribution is 5.78. The van der Waals surface area contributed by atoms with Crippen molar-refractivity contribution in [2.75, 3.05) is 6.61 Å². The Hall–Kier alpha value is -1.84. The van der Waals surface area contributed by atoms with Gasteiger partial charge in [-0.3, -0.25) is 4.79 Å². The molecule has 0 heterocycles. The second kappa shape index (κ2) is 6.61. The number of carbonyl (C=O) groups is 1. The monoisotopic (exact) mass is 220 g/mol. The summed E-state index contributed by atoms with van der Waals surface area (Å²) in [6.07, 6.45) is 2.42. The van der Waals surface area contributed by atoms with Crippen molar-refractivity contribution >= 4 is 12.1 Å². The van der Waals surface area contributed by atoms with E-state index in [1.54, 1.807) is 6.21 Å². The first-order chi connectivity index (χ1) is 7.72. The minimum Gasteiger partial charge on any atom is -0.484 e. The summed E-state index contributed by atoms with van der Waals surface area (Å²) in [5, 5.41) is 3.72. The number of nitrogens with zero attached hydrogens (tertiary/aromatic N) is 1. The normalized spacial score (nSPS) is 10.4. The number of aryl methyl sites for hydroxylation is 1. The van der Waals surface area contributed by atoms with Crippen LogP contribution in [-0.2, 0) is 4.79 Å². The lowest BCUT2D eigenvalue weighted by atomic mass is 10.2. The van der Waals surface area contributed by atoms with E-state index < -0.39 is 0 Å². The smallest absolute Gasteiger partial charge is 0.277 e. The highest BCUT2D eigenvalue weighted by Crippen LogP contribution is 2.11.